The van der Waals surface area contributed by atoms with Crippen LogP contribution in [0.25, 0.3) is 0 Å². The van der Waals surface area contributed by atoms with Gasteiger partial charge in [0.15, 0.2) is 0 Å². The number of H-pyrrole nitrogens is 1. The zero-order valence-corrected chi connectivity index (χ0v) is 11.4. The second-order valence-corrected chi connectivity index (χ2v) is 5.47. The van der Waals surface area contributed by atoms with Crippen molar-refractivity contribution in [3.05, 3.63) is 30.6 Å². The Bertz CT molecular complexity index is 558. The number of aliphatic hydroxyl groups is 2. The smallest absolute Gasteiger partial charge is 0.328 e. The summed E-state index contributed by atoms with van der Waals surface area (Å²) in [6, 6.07) is -0.866. The number of hydrogen-bond donors (Lipinski definition) is 3. The highest BCUT2D eigenvalue weighted by Crippen LogP contribution is 2.36. The zero-order valence-electron chi connectivity index (χ0n) is 9.22. The van der Waals surface area contributed by atoms with Crippen LogP contribution in [0.3, 0.4) is 0 Å². The van der Waals surface area contributed by atoms with Crippen LogP contribution >= 0.6 is 22.6 Å². The number of alkyl halides is 1. The maximum Gasteiger partial charge on any atom is 0.328 e. The van der Waals surface area contributed by atoms with Crippen molar-refractivity contribution in [1.29, 1.82) is 0 Å². The van der Waals surface area contributed by atoms with Crippen molar-refractivity contribution in [2.24, 2.45) is 5.92 Å². The Balaban J connectivity index is 2.42. The molecular weight excluding hydrogens is 358 g/mol. The van der Waals surface area contributed by atoms with Crippen LogP contribution in [0.1, 0.15) is 12.5 Å². The predicted octanol–water partition coefficient (Wildman–Crippen LogP) is -0.607. The molecule has 0 unspecified atom stereocenters. The fraction of sp³-hybridized carbons (Fsp3) is 0.600. The fourth-order valence-electron chi connectivity index (χ4n) is 2.25. The number of rotatable bonds is 2. The van der Waals surface area contributed by atoms with Gasteiger partial charge in [0.25, 0.3) is 5.56 Å². The summed E-state index contributed by atoms with van der Waals surface area (Å²) in [7, 11) is 0. The molecule has 100 valence electrons. The van der Waals surface area contributed by atoms with Crippen LogP contribution in [0.15, 0.2) is 15.8 Å². The van der Waals surface area contributed by atoms with E-state index in [0.717, 1.165) is 4.57 Å². The maximum atomic E-state index is 14.0. The van der Waals surface area contributed by atoms with E-state index in [1.54, 1.807) is 22.6 Å². The van der Waals surface area contributed by atoms with Gasteiger partial charge in [-0.3, -0.25) is 14.3 Å². The maximum absolute atomic E-state index is 14.0. The molecule has 1 saturated carbocycles. The number of nitrogens with zero attached hydrogens (tertiary/aromatic N) is 1. The van der Waals surface area contributed by atoms with Crippen LogP contribution in [0, 0.1) is 9.49 Å². The van der Waals surface area contributed by atoms with E-state index in [2.05, 4.69) is 4.98 Å². The van der Waals surface area contributed by atoms with Gasteiger partial charge in [0.2, 0.25) is 0 Å². The van der Waals surface area contributed by atoms with E-state index >= 15 is 0 Å². The van der Waals surface area contributed by atoms with E-state index in [1.807, 2.05) is 0 Å². The minimum Gasteiger partial charge on any atom is -0.396 e. The molecule has 1 fully saturated rings. The number of aromatic nitrogens is 2. The van der Waals surface area contributed by atoms with Gasteiger partial charge >= 0.3 is 5.69 Å². The van der Waals surface area contributed by atoms with Gasteiger partial charge in [-0.05, 0) is 29.0 Å². The summed E-state index contributed by atoms with van der Waals surface area (Å²) in [5.74, 6) is -0.897. The van der Waals surface area contributed by atoms with Crippen molar-refractivity contribution >= 4 is 22.6 Å². The molecular formula is C10H12FIN2O4. The lowest BCUT2D eigenvalue weighted by atomic mass is 10.1. The molecule has 0 radical (unpaired) electrons. The van der Waals surface area contributed by atoms with Gasteiger partial charge in [-0.15, -0.1) is 0 Å². The van der Waals surface area contributed by atoms with Crippen molar-refractivity contribution in [2.45, 2.75) is 24.7 Å². The van der Waals surface area contributed by atoms with Gasteiger partial charge < -0.3 is 10.2 Å². The average molecular weight is 370 g/mol. The molecule has 0 aliphatic heterocycles. The van der Waals surface area contributed by atoms with Crippen molar-refractivity contribution in [2.75, 3.05) is 6.61 Å². The highest BCUT2D eigenvalue weighted by molar-refractivity contribution is 14.1. The molecule has 8 heteroatoms. The standard InChI is InChI=1S/C10H12FIN2O4/c11-8-4(3-15)7(16)1-6(8)14-2-5(12)9(17)13-10(14)18/h2,4,6-8,15-16H,1,3H2,(H,13,17,18)/t4-,6+,7+,8+/m0/s1. The molecule has 3 N–H and O–H groups in total. The minimum atomic E-state index is -1.52. The number of nitrogens with one attached hydrogen (secondary N) is 1. The highest BCUT2D eigenvalue weighted by atomic mass is 127. The zero-order chi connectivity index (χ0) is 13.4. The molecule has 0 spiro atoms. The first-order chi connectivity index (χ1) is 8.45. The SMILES string of the molecule is O=c1[nH]c(=O)n([C@@H]2C[C@@H](O)[C@H](CO)[C@H]2F)cc1I. The van der Waals surface area contributed by atoms with E-state index in [4.69, 9.17) is 5.11 Å². The molecule has 1 heterocycles. The molecule has 18 heavy (non-hydrogen) atoms. The summed E-state index contributed by atoms with van der Waals surface area (Å²) in [6.07, 6.45) is -1.21. The summed E-state index contributed by atoms with van der Waals surface area (Å²) >= 11 is 1.74. The number of hydrogen-bond acceptors (Lipinski definition) is 4. The Morgan fingerprint density at radius 2 is 2.22 bits per heavy atom. The quantitative estimate of drug-likeness (QED) is 0.606. The van der Waals surface area contributed by atoms with E-state index in [1.165, 1.54) is 6.20 Å². The minimum absolute atomic E-state index is 0.0361. The molecule has 0 saturated heterocycles. The predicted molar refractivity (Wildman–Crippen MR) is 69.2 cm³/mol. The first-order valence-corrected chi connectivity index (χ1v) is 6.47. The Morgan fingerprint density at radius 3 is 2.78 bits per heavy atom. The highest BCUT2D eigenvalue weighted by Gasteiger charge is 2.44. The average Bonchev–Trinajstić information content (AvgIpc) is 2.59. The third kappa shape index (κ3) is 2.24. The second-order valence-electron chi connectivity index (χ2n) is 4.30. The second kappa shape index (κ2) is 5.10. The first-order valence-electron chi connectivity index (χ1n) is 5.39. The van der Waals surface area contributed by atoms with Crippen LogP contribution < -0.4 is 11.2 Å². The molecule has 1 aliphatic rings. The van der Waals surface area contributed by atoms with Crippen LogP contribution in [-0.2, 0) is 0 Å². The van der Waals surface area contributed by atoms with Gasteiger partial charge in [0.05, 0.1) is 22.3 Å². The van der Waals surface area contributed by atoms with Crippen molar-refractivity contribution in [3.63, 3.8) is 0 Å². The Kier molecular flexibility index (Phi) is 3.87. The van der Waals surface area contributed by atoms with Crippen LogP contribution in [0.5, 0.6) is 0 Å². The van der Waals surface area contributed by atoms with Gasteiger partial charge in [0, 0.05) is 12.1 Å². The third-order valence-electron chi connectivity index (χ3n) is 3.25. The van der Waals surface area contributed by atoms with Gasteiger partial charge in [-0.1, -0.05) is 0 Å². The third-order valence-corrected chi connectivity index (χ3v) is 4.01. The summed E-state index contributed by atoms with van der Waals surface area (Å²) in [5.41, 5.74) is -1.23. The van der Waals surface area contributed by atoms with E-state index in [0.29, 0.717) is 0 Å². The molecule has 0 amide bonds. The fourth-order valence-corrected chi connectivity index (χ4v) is 2.68. The lowest BCUT2D eigenvalue weighted by molar-refractivity contribution is 0.0591. The van der Waals surface area contributed by atoms with Gasteiger partial charge in [-0.2, -0.15) is 0 Å². The summed E-state index contributed by atoms with van der Waals surface area (Å²) in [4.78, 5) is 24.9. The first kappa shape index (κ1) is 13.7. The van der Waals surface area contributed by atoms with E-state index in [-0.39, 0.29) is 9.99 Å². The number of aliphatic hydroxyl groups excluding tert-OH is 2. The Morgan fingerprint density at radius 1 is 1.56 bits per heavy atom. The normalized spacial score (nSPS) is 31.8. The molecule has 1 aromatic heterocycles. The molecule has 2 rings (SSSR count). The lowest BCUT2D eigenvalue weighted by Gasteiger charge is -2.17. The topological polar surface area (TPSA) is 95.3 Å². The van der Waals surface area contributed by atoms with Crippen LogP contribution in [0.4, 0.5) is 4.39 Å². The van der Waals surface area contributed by atoms with Crippen LogP contribution in [-0.4, -0.2) is 38.6 Å². The lowest BCUT2D eigenvalue weighted by Crippen LogP contribution is -2.36. The monoisotopic (exact) mass is 370 g/mol. The van der Waals surface area contributed by atoms with Crippen LogP contribution in [0.2, 0.25) is 0 Å². The van der Waals surface area contributed by atoms with E-state index in [9.17, 15) is 19.1 Å². The Labute approximate surface area is 115 Å². The summed E-state index contributed by atoms with van der Waals surface area (Å²) in [6.45, 7) is -0.478. The molecule has 0 aromatic carbocycles. The molecule has 1 aliphatic carbocycles. The number of aromatic amines is 1. The summed E-state index contributed by atoms with van der Waals surface area (Å²) < 4.78 is 15.4. The summed E-state index contributed by atoms with van der Waals surface area (Å²) in [5, 5.41) is 18.6. The number of halogens is 2. The molecule has 4 atom stereocenters. The van der Waals surface area contributed by atoms with Crippen molar-refractivity contribution in [1.82, 2.24) is 9.55 Å². The van der Waals surface area contributed by atoms with Crippen molar-refractivity contribution < 1.29 is 14.6 Å². The molecule has 0 bridgehead atoms. The van der Waals surface area contributed by atoms with Crippen molar-refractivity contribution in [3.8, 4) is 0 Å². The van der Waals surface area contributed by atoms with Gasteiger partial charge in [0.1, 0.15) is 6.17 Å². The Hall–Kier alpha value is -0.740. The van der Waals surface area contributed by atoms with Gasteiger partial charge in [-0.25, -0.2) is 9.18 Å². The molecule has 6 nitrogen and oxygen atoms in total. The molecule has 1 aromatic rings. The largest absolute Gasteiger partial charge is 0.396 e. The van der Waals surface area contributed by atoms with E-state index < -0.39 is 42.1 Å².